The molecule has 1 nitrogen and oxygen atoms in total. The number of carbonyl (C=O) groups excluding carboxylic acids is 1. The van der Waals surface area contributed by atoms with E-state index in [0.717, 1.165) is 5.56 Å². The molecule has 0 saturated heterocycles. The van der Waals surface area contributed by atoms with Gasteiger partial charge in [0, 0.05) is 15.9 Å². The summed E-state index contributed by atoms with van der Waals surface area (Å²) in [5.74, 6) is -0.821. The highest BCUT2D eigenvalue weighted by Gasteiger charge is 2.16. The summed E-state index contributed by atoms with van der Waals surface area (Å²) in [6.07, 6.45) is 0.0820. The highest BCUT2D eigenvalue weighted by molar-refractivity contribution is 9.10. The third-order valence-electron chi connectivity index (χ3n) is 2.80. The predicted molar refractivity (Wildman–Crippen MR) is 78.3 cm³/mol. The Labute approximate surface area is 124 Å². The van der Waals surface area contributed by atoms with Gasteiger partial charge in [0.1, 0.15) is 5.82 Å². The van der Waals surface area contributed by atoms with Gasteiger partial charge < -0.3 is 0 Å². The first-order valence-electron chi connectivity index (χ1n) is 5.71. The number of rotatable bonds is 3. The van der Waals surface area contributed by atoms with Gasteiger partial charge in [-0.3, -0.25) is 4.79 Å². The third kappa shape index (κ3) is 3.23. The Kier molecular flexibility index (Phi) is 4.38. The fourth-order valence-corrected chi connectivity index (χ4v) is 2.69. The molecule has 98 valence electrons. The van der Waals surface area contributed by atoms with E-state index in [1.807, 2.05) is 13.0 Å². The standard InChI is InChI=1S/C15H11BrClFO/c1-9-5-6-10(12(17)7-9)8-14(19)15-11(16)3-2-4-13(15)18/h2-7H,8H2,1H3. The van der Waals surface area contributed by atoms with E-state index < -0.39 is 5.82 Å². The van der Waals surface area contributed by atoms with Crippen molar-refractivity contribution in [1.82, 2.24) is 0 Å². The van der Waals surface area contributed by atoms with Crippen molar-refractivity contribution in [2.75, 3.05) is 0 Å². The van der Waals surface area contributed by atoms with Gasteiger partial charge in [-0.25, -0.2) is 4.39 Å². The molecule has 0 spiro atoms. The largest absolute Gasteiger partial charge is 0.294 e. The maximum Gasteiger partial charge on any atom is 0.171 e. The Hall–Kier alpha value is -1.19. The van der Waals surface area contributed by atoms with Crippen molar-refractivity contribution in [2.45, 2.75) is 13.3 Å². The van der Waals surface area contributed by atoms with Gasteiger partial charge in [0.25, 0.3) is 0 Å². The van der Waals surface area contributed by atoms with Crippen molar-refractivity contribution in [3.8, 4) is 0 Å². The molecule has 19 heavy (non-hydrogen) atoms. The van der Waals surface area contributed by atoms with E-state index in [9.17, 15) is 9.18 Å². The zero-order valence-electron chi connectivity index (χ0n) is 10.2. The fourth-order valence-electron chi connectivity index (χ4n) is 1.82. The van der Waals surface area contributed by atoms with Crippen molar-refractivity contribution in [3.05, 3.63) is 68.4 Å². The van der Waals surface area contributed by atoms with Gasteiger partial charge >= 0.3 is 0 Å². The van der Waals surface area contributed by atoms with Crippen LogP contribution >= 0.6 is 27.5 Å². The van der Waals surface area contributed by atoms with Crippen molar-refractivity contribution < 1.29 is 9.18 Å². The van der Waals surface area contributed by atoms with Crippen LogP contribution in [0.15, 0.2) is 40.9 Å². The summed E-state index contributed by atoms with van der Waals surface area (Å²) in [4.78, 5) is 12.2. The molecule has 0 saturated carbocycles. The molecule has 4 heteroatoms. The zero-order chi connectivity index (χ0) is 14.0. The number of halogens is 3. The van der Waals surface area contributed by atoms with Gasteiger partial charge in [-0.05, 0) is 52.2 Å². The molecular formula is C15H11BrClFO. The van der Waals surface area contributed by atoms with Crippen LogP contribution < -0.4 is 0 Å². The summed E-state index contributed by atoms with van der Waals surface area (Å²) >= 11 is 9.28. The average Bonchev–Trinajstić information content (AvgIpc) is 2.32. The molecule has 0 amide bonds. The van der Waals surface area contributed by atoms with E-state index in [1.54, 1.807) is 24.3 Å². The van der Waals surface area contributed by atoms with Crippen LogP contribution in [-0.2, 0) is 6.42 Å². The number of carbonyl (C=O) groups is 1. The first kappa shape index (κ1) is 14.2. The van der Waals surface area contributed by atoms with Crippen LogP contribution in [-0.4, -0.2) is 5.78 Å². The lowest BCUT2D eigenvalue weighted by molar-refractivity contribution is 0.0988. The normalized spacial score (nSPS) is 10.5. The molecule has 0 aliphatic carbocycles. The number of hydrogen-bond acceptors (Lipinski definition) is 1. The van der Waals surface area contributed by atoms with Crippen LogP contribution in [0.4, 0.5) is 4.39 Å². The molecule has 0 heterocycles. The summed E-state index contributed by atoms with van der Waals surface area (Å²) < 4.78 is 14.1. The topological polar surface area (TPSA) is 17.1 Å². The van der Waals surface area contributed by atoms with Gasteiger partial charge in [0.05, 0.1) is 5.56 Å². The Morgan fingerprint density at radius 3 is 2.68 bits per heavy atom. The molecule has 0 aliphatic heterocycles. The minimum absolute atomic E-state index is 0.0686. The Morgan fingerprint density at radius 2 is 2.05 bits per heavy atom. The van der Waals surface area contributed by atoms with Crippen molar-refractivity contribution in [3.63, 3.8) is 0 Å². The van der Waals surface area contributed by atoms with E-state index in [-0.39, 0.29) is 17.8 Å². The van der Waals surface area contributed by atoms with Crippen molar-refractivity contribution in [2.24, 2.45) is 0 Å². The monoisotopic (exact) mass is 340 g/mol. The lowest BCUT2D eigenvalue weighted by Gasteiger charge is -2.07. The van der Waals surface area contributed by atoms with E-state index in [4.69, 9.17) is 11.6 Å². The van der Waals surface area contributed by atoms with Crippen LogP contribution in [0, 0.1) is 12.7 Å². The zero-order valence-corrected chi connectivity index (χ0v) is 12.6. The first-order chi connectivity index (χ1) is 8.99. The van der Waals surface area contributed by atoms with Crippen molar-refractivity contribution in [1.29, 1.82) is 0 Å². The van der Waals surface area contributed by atoms with Gasteiger partial charge in [-0.15, -0.1) is 0 Å². The van der Waals surface area contributed by atoms with Crippen LogP contribution in [0.25, 0.3) is 0 Å². The Balaban J connectivity index is 2.31. The molecule has 2 aromatic rings. The molecule has 0 atom stereocenters. The summed E-state index contributed by atoms with van der Waals surface area (Å²) in [5, 5.41) is 0.529. The Bertz CT molecular complexity index is 620. The summed E-state index contributed by atoms with van der Waals surface area (Å²) in [7, 11) is 0. The molecule has 0 aromatic heterocycles. The molecule has 0 aliphatic rings. The lowest BCUT2D eigenvalue weighted by atomic mass is 10.0. The molecule has 0 fully saturated rings. The highest BCUT2D eigenvalue weighted by atomic mass is 79.9. The second-order valence-corrected chi connectivity index (χ2v) is 5.55. The second kappa shape index (κ2) is 5.85. The SMILES string of the molecule is Cc1ccc(CC(=O)c2c(F)cccc2Br)c(Cl)c1. The third-order valence-corrected chi connectivity index (χ3v) is 3.81. The van der Waals surface area contributed by atoms with Gasteiger partial charge in [-0.2, -0.15) is 0 Å². The van der Waals surface area contributed by atoms with Gasteiger partial charge in [0.15, 0.2) is 5.78 Å². The van der Waals surface area contributed by atoms with Crippen LogP contribution in [0.2, 0.25) is 5.02 Å². The summed E-state index contributed by atoms with van der Waals surface area (Å²) in [6, 6.07) is 9.94. The lowest BCUT2D eigenvalue weighted by Crippen LogP contribution is -2.07. The second-order valence-electron chi connectivity index (χ2n) is 4.29. The number of hydrogen-bond donors (Lipinski definition) is 0. The molecular weight excluding hydrogens is 331 g/mol. The Morgan fingerprint density at radius 1 is 1.32 bits per heavy atom. The number of Topliss-reactive ketones (excluding diaryl/α,β-unsaturated/α-hetero) is 1. The van der Waals surface area contributed by atoms with Gasteiger partial charge in [-0.1, -0.05) is 29.8 Å². The summed E-state index contributed by atoms with van der Waals surface area (Å²) in [5.41, 5.74) is 1.79. The maximum atomic E-state index is 13.7. The number of aryl methyl sites for hydroxylation is 1. The molecule has 0 N–H and O–H groups in total. The predicted octanol–water partition coefficient (Wildman–Crippen LogP) is 4.98. The van der Waals surface area contributed by atoms with E-state index in [1.165, 1.54) is 6.07 Å². The molecule has 2 aromatic carbocycles. The minimum Gasteiger partial charge on any atom is -0.294 e. The number of benzene rings is 2. The van der Waals surface area contributed by atoms with Crippen LogP contribution in [0.1, 0.15) is 21.5 Å². The van der Waals surface area contributed by atoms with Crippen LogP contribution in [0.5, 0.6) is 0 Å². The van der Waals surface area contributed by atoms with Gasteiger partial charge in [0.2, 0.25) is 0 Å². The molecule has 2 rings (SSSR count). The average molecular weight is 342 g/mol. The maximum absolute atomic E-state index is 13.7. The van der Waals surface area contributed by atoms with E-state index >= 15 is 0 Å². The van der Waals surface area contributed by atoms with Crippen molar-refractivity contribution >= 4 is 33.3 Å². The smallest absolute Gasteiger partial charge is 0.171 e. The van der Waals surface area contributed by atoms with E-state index in [2.05, 4.69) is 15.9 Å². The summed E-state index contributed by atoms with van der Waals surface area (Å²) in [6.45, 7) is 1.92. The number of ketones is 1. The minimum atomic E-state index is -0.525. The quantitative estimate of drug-likeness (QED) is 0.720. The first-order valence-corrected chi connectivity index (χ1v) is 6.88. The van der Waals surface area contributed by atoms with Crippen LogP contribution in [0.3, 0.4) is 0 Å². The molecule has 0 radical (unpaired) electrons. The highest BCUT2D eigenvalue weighted by Crippen LogP contribution is 2.24. The van der Waals surface area contributed by atoms with E-state index in [0.29, 0.717) is 15.1 Å². The molecule has 0 unspecified atom stereocenters. The molecule has 0 bridgehead atoms. The fraction of sp³-hybridized carbons (Fsp3) is 0.133.